The summed E-state index contributed by atoms with van der Waals surface area (Å²) in [5.41, 5.74) is 5.16. The fourth-order valence-corrected chi connectivity index (χ4v) is 5.32. The van der Waals surface area contributed by atoms with Gasteiger partial charge < -0.3 is 23.7 Å². The Kier molecular flexibility index (Phi) is 10.2. The van der Waals surface area contributed by atoms with E-state index in [1.807, 2.05) is 91.9 Å². The second kappa shape index (κ2) is 14.4. The highest BCUT2D eigenvalue weighted by molar-refractivity contribution is 6.31. The molecule has 1 aliphatic heterocycles. The summed E-state index contributed by atoms with van der Waals surface area (Å²) < 4.78 is 24.7. The number of carbonyl (C=O) groups excluding carboxylic acids is 1. The average molecular weight is 571 g/mol. The maximum absolute atomic E-state index is 12.3. The Balaban J connectivity index is 1.35. The van der Waals surface area contributed by atoms with Crippen molar-refractivity contribution in [3.63, 3.8) is 0 Å². The second-order valence-electron chi connectivity index (χ2n) is 10.2. The number of carbonyl (C=O) groups is 1. The SMILES string of the molecule is CCOc1ccc(Cc2cc(C3CC(OCc4ccccc4)[C@H](OCc4ccccc4)C(C=O)O3)ccc2Cl)cc1. The van der Waals surface area contributed by atoms with Crippen molar-refractivity contribution in [1.29, 1.82) is 0 Å². The van der Waals surface area contributed by atoms with E-state index in [0.29, 0.717) is 37.7 Å². The molecule has 0 aromatic heterocycles. The first-order valence-corrected chi connectivity index (χ1v) is 14.4. The molecule has 3 unspecified atom stereocenters. The summed E-state index contributed by atoms with van der Waals surface area (Å²) in [4.78, 5) is 12.3. The van der Waals surface area contributed by atoms with Crippen LogP contribution in [0.15, 0.2) is 103 Å². The summed E-state index contributed by atoms with van der Waals surface area (Å²) in [7, 11) is 0. The molecule has 6 heteroatoms. The van der Waals surface area contributed by atoms with Gasteiger partial charge in [0, 0.05) is 11.4 Å². The lowest BCUT2D eigenvalue weighted by molar-refractivity contribution is -0.204. The summed E-state index contributed by atoms with van der Waals surface area (Å²) in [6.45, 7) is 3.38. The van der Waals surface area contributed by atoms with E-state index >= 15 is 0 Å². The Hall–Kier alpha value is -3.48. The molecule has 1 aliphatic rings. The van der Waals surface area contributed by atoms with Crippen molar-refractivity contribution in [3.05, 3.63) is 136 Å². The third-order valence-corrected chi connectivity index (χ3v) is 7.62. The summed E-state index contributed by atoms with van der Waals surface area (Å²) in [6.07, 6.45) is 0.0291. The van der Waals surface area contributed by atoms with Crippen LogP contribution in [-0.2, 0) is 38.6 Å². The van der Waals surface area contributed by atoms with Crippen LogP contribution in [0.5, 0.6) is 5.75 Å². The van der Waals surface area contributed by atoms with Crippen molar-refractivity contribution in [2.24, 2.45) is 0 Å². The third-order valence-electron chi connectivity index (χ3n) is 7.25. The number of aldehydes is 1. The van der Waals surface area contributed by atoms with Crippen molar-refractivity contribution in [1.82, 2.24) is 0 Å². The molecule has 0 radical (unpaired) electrons. The molecule has 1 heterocycles. The maximum Gasteiger partial charge on any atom is 0.151 e. The van der Waals surface area contributed by atoms with E-state index < -0.39 is 12.2 Å². The molecule has 1 saturated heterocycles. The zero-order chi connectivity index (χ0) is 28.4. The predicted molar refractivity (Wildman–Crippen MR) is 160 cm³/mol. The minimum absolute atomic E-state index is 0.348. The molecule has 212 valence electrons. The second-order valence-corrected chi connectivity index (χ2v) is 10.6. The zero-order valence-electron chi connectivity index (χ0n) is 23.2. The Morgan fingerprint density at radius 2 is 1.49 bits per heavy atom. The number of rotatable bonds is 12. The van der Waals surface area contributed by atoms with Gasteiger partial charge in [0.1, 0.15) is 18.0 Å². The van der Waals surface area contributed by atoms with E-state index in [-0.39, 0.29) is 12.2 Å². The predicted octanol–water partition coefficient (Wildman–Crippen LogP) is 7.53. The molecule has 4 aromatic rings. The van der Waals surface area contributed by atoms with Crippen LogP contribution in [-0.4, -0.2) is 31.2 Å². The van der Waals surface area contributed by atoms with Crippen LogP contribution in [0, 0.1) is 0 Å². The molecule has 5 rings (SSSR count). The van der Waals surface area contributed by atoms with Crippen molar-refractivity contribution >= 4 is 17.9 Å². The van der Waals surface area contributed by atoms with Crippen LogP contribution in [0.2, 0.25) is 5.02 Å². The molecule has 0 amide bonds. The molecular formula is C35H35ClO5. The summed E-state index contributed by atoms with van der Waals surface area (Å²) >= 11 is 6.62. The van der Waals surface area contributed by atoms with E-state index in [1.54, 1.807) is 0 Å². The minimum atomic E-state index is -0.775. The molecule has 4 aromatic carbocycles. The normalized spacial score (nSPS) is 20.4. The van der Waals surface area contributed by atoms with Gasteiger partial charge >= 0.3 is 0 Å². The fourth-order valence-electron chi connectivity index (χ4n) is 5.13. The van der Waals surface area contributed by atoms with Crippen LogP contribution in [0.25, 0.3) is 0 Å². The van der Waals surface area contributed by atoms with Crippen LogP contribution >= 0.6 is 11.6 Å². The first-order valence-electron chi connectivity index (χ1n) is 14.0. The maximum atomic E-state index is 12.3. The van der Waals surface area contributed by atoms with Crippen molar-refractivity contribution in [3.8, 4) is 5.75 Å². The van der Waals surface area contributed by atoms with E-state index in [2.05, 4.69) is 18.2 Å². The molecule has 1 fully saturated rings. The number of halogens is 1. The molecule has 0 saturated carbocycles. The minimum Gasteiger partial charge on any atom is -0.494 e. The van der Waals surface area contributed by atoms with Gasteiger partial charge in [-0.2, -0.15) is 0 Å². The molecule has 0 N–H and O–H groups in total. The Morgan fingerprint density at radius 1 is 0.829 bits per heavy atom. The molecule has 0 aliphatic carbocycles. The number of benzene rings is 4. The third kappa shape index (κ3) is 7.84. The Labute approximate surface area is 247 Å². The highest BCUT2D eigenvalue weighted by Gasteiger charge is 2.41. The first-order chi connectivity index (χ1) is 20.1. The number of hydrogen-bond donors (Lipinski definition) is 0. The summed E-state index contributed by atoms with van der Waals surface area (Å²) in [6, 6.07) is 33.9. The lowest BCUT2D eigenvalue weighted by Crippen LogP contribution is -2.49. The smallest absolute Gasteiger partial charge is 0.151 e. The standard InChI is InChI=1S/C35H35ClO5/c1-2-38-30-16-13-25(14-17-30)19-29-20-28(15-18-31(29)36)32-21-33(39-23-26-9-5-3-6-10-26)35(34(22-37)41-32)40-24-27-11-7-4-8-12-27/h3-18,20,22,32-35H,2,19,21,23-24H2,1H3/t32?,33?,34?,35-/m0/s1. The van der Waals surface area contributed by atoms with Crippen molar-refractivity contribution < 1.29 is 23.7 Å². The lowest BCUT2D eigenvalue weighted by Gasteiger charge is -2.40. The van der Waals surface area contributed by atoms with Gasteiger partial charge in [0.05, 0.1) is 32.0 Å². The first kappa shape index (κ1) is 29.0. The van der Waals surface area contributed by atoms with Gasteiger partial charge in [-0.05, 0) is 59.4 Å². The molecular weight excluding hydrogens is 536 g/mol. The molecule has 41 heavy (non-hydrogen) atoms. The largest absolute Gasteiger partial charge is 0.494 e. The van der Waals surface area contributed by atoms with Crippen LogP contribution in [0.4, 0.5) is 0 Å². The lowest BCUT2D eigenvalue weighted by atomic mass is 9.92. The number of hydrogen-bond acceptors (Lipinski definition) is 5. The fraction of sp³-hybridized carbons (Fsp3) is 0.286. The Morgan fingerprint density at radius 3 is 2.12 bits per heavy atom. The van der Waals surface area contributed by atoms with Gasteiger partial charge in [0.25, 0.3) is 0 Å². The van der Waals surface area contributed by atoms with Gasteiger partial charge in [-0.25, -0.2) is 0 Å². The summed E-state index contributed by atoms with van der Waals surface area (Å²) in [5.74, 6) is 0.845. The monoisotopic (exact) mass is 570 g/mol. The van der Waals surface area contributed by atoms with Gasteiger partial charge in [-0.3, -0.25) is 0 Å². The van der Waals surface area contributed by atoms with Gasteiger partial charge in [-0.1, -0.05) is 96.5 Å². The van der Waals surface area contributed by atoms with Gasteiger partial charge in [0.2, 0.25) is 0 Å². The average Bonchev–Trinajstić information content (AvgIpc) is 3.02. The van der Waals surface area contributed by atoms with Crippen molar-refractivity contribution in [2.75, 3.05) is 6.61 Å². The zero-order valence-corrected chi connectivity index (χ0v) is 23.9. The molecule has 4 atom stereocenters. The highest BCUT2D eigenvalue weighted by atomic mass is 35.5. The van der Waals surface area contributed by atoms with E-state index in [1.165, 1.54) is 0 Å². The molecule has 0 bridgehead atoms. The van der Waals surface area contributed by atoms with Crippen LogP contribution in [0.3, 0.4) is 0 Å². The van der Waals surface area contributed by atoms with Crippen LogP contribution < -0.4 is 4.74 Å². The van der Waals surface area contributed by atoms with Gasteiger partial charge in [0.15, 0.2) is 6.29 Å². The molecule has 5 nitrogen and oxygen atoms in total. The van der Waals surface area contributed by atoms with Gasteiger partial charge in [-0.15, -0.1) is 0 Å². The molecule has 0 spiro atoms. The van der Waals surface area contributed by atoms with Crippen LogP contribution in [0.1, 0.15) is 47.3 Å². The highest BCUT2D eigenvalue weighted by Crippen LogP contribution is 2.36. The van der Waals surface area contributed by atoms with Crippen molar-refractivity contribution in [2.45, 2.75) is 57.4 Å². The Bertz CT molecular complexity index is 1380. The van der Waals surface area contributed by atoms with E-state index in [4.69, 9.17) is 30.5 Å². The van der Waals surface area contributed by atoms with E-state index in [9.17, 15) is 4.79 Å². The quantitative estimate of drug-likeness (QED) is 0.165. The summed E-state index contributed by atoms with van der Waals surface area (Å²) in [5, 5.41) is 0.686. The number of ether oxygens (including phenoxy) is 4. The van der Waals surface area contributed by atoms with E-state index in [0.717, 1.165) is 39.9 Å². The topological polar surface area (TPSA) is 54.0 Å².